The summed E-state index contributed by atoms with van der Waals surface area (Å²) in [6.07, 6.45) is 1.74. The lowest BCUT2D eigenvalue weighted by Crippen LogP contribution is -1.97. The molecule has 0 atom stereocenters. The molecule has 1 N–H and O–H groups in total. The molecule has 2 aromatic heterocycles. The number of hydrogen-bond acceptors (Lipinski definition) is 5. The van der Waals surface area contributed by atoms with Crippen LogP contribution in [0.5, 0.6) is 11.5 Å². The summed E-state index contributed by atoms with van der Waals surface area (Å²) in [5.41, 5.74) is 1.79. The molecule has 0 fully saturated rings. The van der Waals surface area contributed by atoms with Crippen LogP contribution in [0.1, 0.15) is 0 Å². The molecule has 1 aromatic carbocycles. The number of ether oxygens (including phenoxy) is 2. The predicted octanol–water partition coefficient (Wildman–Crippen LogP) is 3.90. The Morgan fingerprint density at radius 3 is 2.39 bits per heavy atom. The Morgan fingerprint density at radius 2 is 1.65 bits per heavy atom. The third-order valence-corrected chi connectivity index (χ3v) is 3.35. The van der Waals surface area contributed by atoms with Crippen LogP contribution < -0.4 is 14.8 Å². The van der Waals surface area contributed by atoms with Crippen molar-refractivity contribution in [1.29, 1.82) is 0 Å². The molecule has 23 heavy (non-hydrogen) atoms. The summed E-state index contributed by atoms with van der Waals surface area (Å²) in [7, 11) is 3.24. The van der Waals surface area contributed by atoms with E-state index in [0.29, 0.717) is 11.5 Å². The summed E-state index contributed by atoms with van der Waals surface area (Å²) in [5, 5.41) is 3.19. The number of pyridine rings is 2. The molecule has 3 rings (SSSR count). The van der Waals surface area contributed by atoms with Gasteiger partial charge in [-0.25, -0.2) is 9.97 Å². The fourth-order valence-corrected chi connectivity index (χ4v) is 2.23. The number of aromatic nitrogens is 2. The highest BCUT2D eigenvalue weighted by Gasteiger charge is 2.08. The van der Waals surface area contributed by atoms with Gasteiger partial charge < -0.3 is 14.8 Å². The van der Waals surface area contributed by atoms with Crippen LogP contribution in [0.4, 0.5) is 11.6 Å². The van der Waals surface area contributed by atoms with Gasteiger partial charge in [0.2, 0.25) is 0 Å². The van der Waals surface area contributed by atoms with Crippen molar-refractivity contribution in [2.45, 2.75) is 0 Å². The second-order valence-corrected chi connectivity index (χ2v) is 4.82. The minimum absolute atomic E-state index is 0.676. The van der Waals surface area contributed by atoms with Gasteiger partial charge >= 0.3 is 0 Å². The smallest absolute Gasteiger partial charge is 0.161 e. The highest BCUT2D eigenvalue weighted by molar-refractivity contribution is 5.66. The standard InChI is InChI=1S/C18H17N3O2/c1-22-15-10-9-13(12-16(15)23-2)14-6-5-8-18(20-14)21-17-7-3-4-11-19-17/h3-12H,1-2H3,(H,19,20,21). The Morgan fingerprint density at radius 1 is 0.826 bits per heavy atom. The quantitative estimate of drug-likeness (QED) is 0.774. The molecular weight excluding hydrogens is 290 g/mol. The van der Waals surface area contributed by atoms with Gasteiger partial charge in [-0.1, -0.05) is 12.1 Å². The van der Waals surface area contributed by atoms with Gasteiger partial charge in [0.25, 0.3) is 0 Å². The van der Waals surface area contributed by atoms with Gasteiger partial charge in [-0.2, -0.15) is 0 Å². The van der Waals surface area contributed by atoms with Crippen LogP contribution in [0, 0.1) is 0 Å². The largest absolute Gasteiger partial charge is 0.493 e. The van der Waals surface area contributed by atoms with Crippen molar-refractivity contribution in [2.75, 3.05) is 19.5 Å². The van der Waals surface area contributed by atoms with Crippen molar-refractivity contribution in [3.05, 3.63) is 60.8 Å². The van der Waals surface area contributed by atoms with Gasteiger partial charge in [-0.05, 0) is 42.5 Å². The number of nitrogens with zero attached hydrogens (tertiary/aromatic N) is 2. The number of nitrogens with one attached hydrogen (secondary N) is 1. The van der Waals surface area contributed by atoms with E-state index in [0.717, 1.165) is 22.9 Å². The van der Waals surface area contributed by atoms with Crippen molar-refractivity contribution in [3.63, 3.8) is 0 Å². The second-order valence-electron chi connectivity index (χ2n) is 4.82. The number of benzene rings is 1. The second kappa shape index (κ2) is 6.79. The van der Waals surface area contributed by atoms with E-state index in [2.05, 4.69) is 15.3 Å². The Labute approximate surface area is 134 Å². The van der Waals surface area contributed by atoms with Crippen LogP contribution in [0.2, 0.25) is 0 Å². The fraction of sp³-hybridized carbons (Fsp3) is 0.111. The lowest BCUT2D eigenvalue weighted by Gasteiger charge is -2.10. The highest BCUT2D eigenvalue weighted by atomic mass is 16.5. The van der Waals surface area contributed by atoms with Crippen LogP contribution in [0.15, 0.2) is 60.8 Å². The van der Waals surface area contributed by atoms with Gasteiger partial charge in [-0.15, -0.1) is 0 Å². The van der Waals surface area contributed by atoms with Crippen molar-refractivity contribution in [3.8, 4) is 22.8 Å². The Bertz CT molecular complexity index is 791. The molecule has 0 radical (unpaired) electrons. The van der Waals surface area contributed by atoms with Crippen molar-refractivity contribution in [2.24, 2.45) is 0 Å². The van der Waals surface area contributed by atoms with Crippen LogP contribution in [-0.4, -0.2) is 24.2 Å². The van der Waals surface area contributed by atoms with E-state index >= 15 is 0 Å². The van der Waals surface area contributed by atoms with E-state index in [1.807, 2.05) is 54.6 Å². The van der Waals surface area contributed by atoms with Crippen LogP contribution >= 0.6 is 0 Å². The minimum atomic E-state index is 0.676. The molecule has 0 aliphatic carbocycles. The molecule has 0 bridgehead atoms. The first-order valence-electron chi connectivity index (χ1n) is 7.17. The predicted molar refractivity (Wildman–Crippen MR) is 90.3 cm³/mol. The maximum Gasteiger partial charge on any atom is 0.161 e. The van der Waals surface area contributed by atoms with Crippen molar-refractivity contribution in [1.82, 2.24) is 9.97 Å². The third kappa shape index (κ3) is 3.40. The number of anilines is 2. The maximum atomic E-state index is 5.35. The molecule has 0 saturated heterocycles. The molecule has 0 saturated carbocycles. The molecular formula is C18H17N3O2. The average Bonchev–Trinajstić information content (AvgIpc) is 2.62. The molecule has 0 aliphatic heterocycles. The fourth-order valence-electron chi connectivity index (χ4n) is 2.23. The zero-order valence-electron chi connectivity index (χ0n) is 13.0. The summed E-state index contributed by atoms with van der Waals surface area (Å²) >= 11 is 0. The summed E-state index contributed by atoms with van der Waals surface area (Å²) in [6.45, 7) is 0. The van der Waals surface area contributed by atoms with Crippen LogP contribution in [0.25, 0.3) is 11.3 Å². The molecule has 0 aliphatic rings. The molecule has 0 unspecified atom stereocenters. The molecule has 116 valence electrons. The van der Waals surface area contributed by atoms with Gasteiger partial charge in [0.15, 0.2) is 11.5 Å². The Kier molecular flexibility index (Phi) is 4.38. The first-order valence-corrected chi connectivity index (χ1v) is 7.17. The zero-order valence-corrected chi connectivity index (χ0v) is 13.0. The summed E-state index contributed by atoms with van der Waals surface area (Å²) < 4.78 is 10.6. The molecule has 3 aromatic rings. The van der Waals surface area contributed by atoms with Crippen molar-refractivity contribution >= 4 is 11.6 Å². The molecule has 2 heterocycles. The van der Waals surface area contributed by atoms with E-state index in [1.54, 1.807) is 20.4 Å². The summed E-state index contributed by atoms with van der Waals surface area (Å²) in [4.78, 5) is 8.86. The van der Waals surface area contributed by atoms with Gasteiger partial charge in [0, 0.05) is 11.8 Å². The zero-order chi connectivity index (χ0) is 16.1. The molecule has 5 nitrogen and oxygen atoms in total. The van der Waals surface area contributed by atoms with Gasteiger partial charge in [-0.3, -0.25) is 0 Å². The molecule has 5 heteroatoms. The first-order chi connectivity index (χ1) is 11.3. The number of methoxy groups -OCH3 is 2. The van der Waals surface area contributed by atoms with E-state index in [4.69, 9.17) is 9.47 Å². The van der Waals surface area contributed by atoms with Gasteiger partial charge in [0.05, 0.1) is 19.9 Å². The highest BCUT2D eigenvalue weighted by Crippen LogP contribution is 2.32. The lowest BCUT2D eigenvalue weighted by atomic mass is 10.1. The Hall–Kier alpha value is -3.08. The Balaban J connectivity index is 1.90. The molecule has 0 amide bonds. The van der Waals surface area contributed by atoms with E-state index < -0.39 is 0 Å². The average molecular weight is 307 g/mol. The first kappa shape index (κ1) is 14.8. The topological polar surface area (TPSA) is 56.3 Å². The van der Waals surface area contributed by atoms with E-state index in [1.165, 1.54) is 0 Å². The van der Waals surface area contributed by atoms with Crippen LogP contribution in [0.3, 0.4) is 0 Å². The summed E-state index contributed by atoms with van der Waals surface area (Å²) in [6, 6.07) is 17.2. The normalized spacial score (nSPS) is 10.2. The SMILES string of the molecule is COc1ccc(-c2cccc(Nc3ccccn3)n2)cc1OC. The maximum absolute atomic E-state index is 5.35. The van der Waals surface area contributed by atoms with Crippen molar-refractivity contribution < 1.29 is 9.47 Å². The summed E-state index contributed by atoms with van der Waals surface area (Å²) in [5.74, 6) is 2.86. The van der Waals surface area contributed by atoms with E-state index in [-0.39, 0.29) is 0 Å². The number of hydrogen-bond donors (Lipinski definition) is 1. The van der Waals surface area contributed by atoms with Gasteiger partial charge in [0.1, 0.15) is 11.6 Å². The third-order valence-electron chi connectivity index (χ3n) is 3.35. The lowest BCUT2D eigenvalue weighted by molar-refractivity contribution is 0.355. The number of rotatable bonds is 5. The minimum Gasteiger partial charge on any atom is -0.493 e. The monoisotopic (exact) mass is 307 g/mol. The van der Waals surface area contributed by atoms with E-state index in [9.17, 15) is 0 Å². The van der Waals surface area contributed by atoms with Crippen LogP contribution in [-0.2, 0) is 0 Å². The molecule has 0 spiro atoms.